The zero-order valence-electron chi connectivity index (χ0n) is 11.9. The second kappa shape index (κ2) is 5.22. The smallest absolute Gasteiger partial charge is 0.187 e. The van der Waals surface area contributed by atoms with E-state index in [1.54, 1.807) is 0 Å². The van der Waals surface area contributed by atoms with Crippen LogP contribution in [0, 0.1) is 25.2 Å². The molecule has 1 N–H and O–H groups in total. The Bertz CT molecular complexity index is 862. The van der Waals surface area contributed by atoms with Crippen LogP contribution in [0.2, 0.25) is 0 Å². The molecule has 0 spiro atoms. The van der Waals surface area contributed by atoms with Crippen molar-refractivity contribution in [3.05, 3.63) is 59.3 Å². The first kappa shape index (κ1) is 13.1. The van der Waals surface area contributed by atoms with Gasteiger partial charge in [-0.2, -0.15) is 5.26 Å². The quantitative estimate of drug-likeness (QED) is 0.770. The zero-order valence-corrected chi connectivity index (χ0v) is 11.9. The molecule has 2 aromatic carbocycles. The van der Waals surface area contributed by atoms with Gasteiger partial charge in [0.1, 0.15) is 6.07 Å². The normalized spacial score (nSPS) is 10.3. The number of nitrogens with zero attached hydrogens (tertiary/aromatic N) is 3. The molecule has 0 fully saturated rings. The maximum absolute atomic E-state index is 9.26. The summed E-state index contributed by atoms with van der Waals surface area (Å²) in [6.45, 7) is 4.14. The fraction of sp³-hybridized carbons (Fsp3) is 0.118. The number of rotatable bonds is 2. The van der Waals surface area contributed by atoms with Crippen molar-refractivity contribution in [3.63, 3.8) is 0 Å². The Balaban J connectivity index is 2.14. The highest BCUT2D eigenvalue weighted by Gasteiger charge is 2.10. The number of benzene rings is 2. The van der Waals surface area contributed by atoms with Crippen LogP contribution in [0.25, 0.3) is 10.9 Å². The van der Waals surface area contributed by atoms with Crippen molar-refractivity contribution in [1.29, 1.82) is 5.26 Å². The van der Waals surface area contributed by atoms with Gasteiger partial charge in [0.05, 0.1) is 11.2 Å². The molecule has 0 saturated carbocycles. The van der Waals surface area contributed by atoms with Gasteiger partial charge in [-0.05, 0) is 43.2 Å². The van der Waals surface area contributed by atoms with Gasteiger partial charge in [-0.25, -0.2) is 0 Å². The van der Waals surface area contributed by atoms with E-state index in [9.17, 15) is 5.26 Å². The third-order valence-corrected chi connectivity index (χ3v) is 3.55. The number of hydrogen-bond acceptors (Lipinski definition) is 4. The molecule has 0 bridgehead atoms. The number of hydrogen-bond donors (Lipinski definition) is 1. The lowest BCUT2D eigenvalue weighted by Gasteiger charge is -2.11. The van der Waals surface area contributed by atoms with Crippen molar-refractivity contribution in [1.82, 2.24) is 10.2 Å². The molecule has 1 aromatic heterocycles. The highest BCUT2D eigenvalue weighted by Crippen LogP contribution is 2.28. The SMILES string of the molecule is Cc1ccc(Nc2c(C#N)nnc3ccccc23)cc1C. The minimum Gasteiger partial charge on any atom is -0.353 e. The van der Waals surface area contributed by atoms with Crippen molar-refractivity contribution in [3.8, 4) is 6.07 Å². The summed E-state index contributed by atoms with van der Waals surface area (Å²) >= 11 is 0. The van der Waals surface area contributed by atoms with Gasteiger partial charge < -0.3 is 5.32 Å². The molecule has 0 amide bonds. The van der Waals surface area contributed by atoms with Gasteiger partial charge in [0, 0.05) is 11.1 Å². The number of nitriles is 1. The number of anilines is 2. The summed E-state index contributed by atoms with van der Waals surface area (Å²) in [5.74, 6) is 0. The molecule has 0 unspecified atom stereocenters. The van der Waals surface area contributed by atoms with E-state index >= 15 is 0 Å². The molecule has 0 aliphatic carbocycles. The van der Waals surface area contributed by atoms with Crippen LogP contribution in [0.3, 0.4) is 0 Å². The van der Waals surface area contributed by atoms with E-state index < -0.39 is 0 Å². The minimum absolute atomic E-state index is 0.298. The Morgan fingerprint density at radius 2 is 1.81 bits per heavy atom. The lowest BCUT2D eigenvalue weighted by molar-refractivity contribution is 1.05. The standard InChI is InChI=1S/C17H14N4/c1-11-7-8-13(9-12(11)2)19-17-14-5-3-4-6-15(14)20-21-16(17)10-18/h3-9H,1-2H3,(H,19,20). The van der Waals surface area contributed by atoms with Crippen molar-refractivity contribution in [2.75, 3.05) is 5.32 Å². The molecule has 21 heavy (non-hydrogen) atoms. The third-order valence-electron chi connectivity index (χ3n) is 3.55. The van der Waals surface area contributed by atoms with Crippen LogP contribution < -0.4 is 5.32 Å². The number of aryl methyl sites for hydroxylation is 2. The molecule has 1 heterocycles. The number of nitrogens with one attached hydrogen (secondary N) is 1. The first-order valence-electron chi connectivity index (χ1n) is 6.69. The Labute approximate surface area is 123 Å². The van der Waals surface area contributed by atoms with Crippen LogP contribution in [0.5, 0.6) is 0 Å². The molecule has 4 nitrogen and oxygen atoms in total. The van der Waals surface area contributed by atoms with Gasteiger partial charge in [-0.3, -0.25) is 0 Å². The van der Waals surface area contributed by atoms with E-state index in [0.29, 0.717) is 11.4 Å². The van der Waals surface area contributed by atoms with Gasteiger partial charge in [0.25, 0.3) is 0 Å². The predicted molar refractivity (Wildman–Crippen MR) is 83.5 cm³/mol. The first-order chi connectivity index (χ1) is 10.2. The van der Waals surface area contributed by atoms with E-state index in [1.807, 2.05) is 30.3 Å². The molecule has 3 aromatic rings. The molecule has 0 radical (unpaired) electrons. The van der Waals surface area contributed by atoms with Crippen molar-refractivity contribution < 1.29 is 0 Å². The monoisotopic (exact) mass is 274 g/mol. The summed E-state index contributed by atoms with van der Waals surface area (Å²) in [5, 5.41) is 21.5. The Hall–Kier alpha value is -2.93. The average molecular weight is 274 g/mol. The Morgan fingerprint density at radius 1 is 1.00 bits per heavy atom. The van der Waals surface area contributed by atoms with Crippen LogP contribution in [-0.4, -0.2) is 10.2 Å². The van der Waals surface area contributed by atoms with E-state index in [-0.39, 0.29) is 0 Å². The predicted octanol–water partition coefficient (Wildman–Crippen LogP) is 3.86. The largest absolute Gasteiger partial charge is 0.353 e. The minimum atomic E-state index is 0.298. The lowest BCUT2D eigenvalue weighted by atomic mass is 10.1. The second-order valence-electron chi connectivity index (χ2n) is 4.98. The zero-order chi connectivity index (χ0) is 14.8. The molecule has 0 aliphatic rings. The molecule has 4 heteroatoms. The maximum atomic E-state index is 9.26. The van der Waals surface area contributed by atoms with Gasteiger partial charge in [-0.1, -0.05) is 24.3 Å². The van der Waals surface area contributed by atoms with E-state index in [1.165, 1.54) is 11.1 Å². The Morgan fingerprint density at radius 3 is 2.57 bits per heavy atom. The van der Waals surface area contributed by atoms with Crippen LogP contribution >= 0.6 is 0 Å². The van der Waals surface area contributed by atoms with Crippen molar-refractivity contribution >= 4 is 22.3 Å². The summed E-state index contributed by atoms with van der Waals surface area (Å²) < 4.78 is 0. The van der Waals surface area contributed by atoms with Gasteiger partial charge in [-0.15, -0.1) is 10.2 Å². The maximum Gasteiger partial charge on any atom is 0.187 e. The van der Waals surface area contributed by atoms with Crippen LogP contribution in [0.4, 0.5) is 11.4 Å². The average Bonchev–Trinajstić information content (AvgIpc) is 2.51. The fourth-order valence-electron chi connectivity index (χ4n) is 2.22. The molecular formula is C17H14N4. The first-order valence-corrected chi connectivity index (χ1v) is 6.69. The van der Waals surface area contributed by atoms with E-state index in [2.05, 4.69) is 47.6 Å². The molecule has 3 rings (SSSR count). The van der Waals surface area contributed by atoms with E-state index in [4.69, 9.17) is 0 Å². The second-order valence-corrected chi connectivity index (χ2v) is 4.98. The summed E-state index contributed by atoms with van der Waals surface area (Å²) in [7, 11) is 0. The molecule has 0 aliphatic heterocycles. The molecule has 0 atom stereocenters. The summed E-state index contributed by atoms with van der Waals surface area (Å²) in [5.41, 5.74) is 5.14. The summed E-state index contributed by atoms with van der Waals surface area (Å²) in [6.07, 6.45) is 0. The van der Waals surface area contributed by atoms with Crippen molar-refractivity contribution in [2.24, 2.45) is 0 Å². The summed E-state index contributed by atoms with van der Waals surface area (Å²) in [4.78, 5) is 0. The van der Waals surface area contributed by atoms with Gasteiger partial charge in [0.15, 0.2) is 5.69 Å². The topological polar surface area (TPSA) is 61.6 Å². The molecule has 0 saturated heterocycles. The highest BCUT2D eigenvalue weighted by molar-refractivity contribution is 5.94. The van der Waals surface area contributed by atoms with Crippen LogP contribution in [0.15, 0.2) is 42.5 Å². The Kier molecular flexibility index (Phi) is 3.25. The van der Waals surface area contributed by atoms with Crippen LogP contribution in [-0.2, 0) is 0 Å². The van der Waals surface area contributed by atoms with E-state index in [0.717, 1.165) is 16.6 Å². The molecular weight excluding hydrogens is 260 g/mol. The van der Waals surface area contributed by atoms with Crippen molar-refractivity contribution in [2.45, 2.75) is 13.8 Å². The van der Waals surface area contributed by atoms with Crippen LogP contribution in [0.1, 0.15) is 16.8 Å². The number of aromatic nitrogens is 2. The summed E-state index contributed by atoms with van der Waals surface area (Å²) in [6, 6.07) is 15.9. The van der Waals surface area contributed by atoms with Gasteiger partial charge >= 0.3 is 0 Å². The van der Waals surface area contributed by atoms with Gasteiger partial charge in [0.2, 0.25) is 0 Å². The lowest BCUT2D eigenvalue weighted by Crippen LogP contribution is -2.00. The third kappa shape index (κ3) is 2.41. The highest BCUT2D eigenvalue weighted by atomic mass is 15.1. The molecule has 102 valence electrons. The fourth-order valence-corrected chi connectivity index (χ4v) is 2.22. The number of fused-ring (bicyclic) bond motifs is 1.